The van der Waals surface area contributed by atoms with E-state index >= 15 is 0 Å². The number of aromatic nitrogens is 2. The van der Waals surface area contributed by atoms with Crippen molar-refractivity contribution in [3.63, 3.8) is 0 Å². The molecule has 3 N–H and O–H groups in total. The Balaban J connectivity index is 0.000000231. The predicted octanol–water partition coefficient (Wildman–Crippen LogP) is 4.07. The Labute approximate surface area is 216 Å². The van der Waals surface area contributed by atoms with Crippen molar-refractivity contribution in [1.29, 1.82) is 0 Å². The van der Waals surface area contributed by atoms with Gasteiger partial charge in [-0.2, -0.15) is 5.10 Å². The summed E-state index contributed by atoms with van der Waals surface area (Å²) in [6.45, 7) is 1.38. The molecule has 1 atom stereocenters. The van der Waals surface area contributed by atoms with E-state index in [0.29, 0.717) is 0 Å². The molecule has 2 aromatic carbocycles. The molecule has 0 saturated heterocycles. The molecule has 0 fully saturated rings. The second-order valence-electron chi connectivity index (χ2n) is 8.22. The molecular formula is C25H21ClN2O8S. The number of para-hydroxylation sites is 1. The highest BCUT2D eigenvalue weighted by atomic mass is 35.7. The molecule has 12 heteroatoms. The summed E-state index contributed by atoms with van der Waals surface area (Å²) in [5.74, 6) is -3.42. The van der Waals surface area contributed by atoms with Crippen molar-refractivity contribution in [2.75, 3.05) is 0 Å². The lowest BCUT2D eigenvalue weighted by molar-refractivity contribution is -0.145. The first-order valence-electron chi connectivity index (χ1n) is 10.6. The number of benzene rings is 2. The predicted molar refractivity (Wildman–Crippen MR) is 134 cm³/mol. The fraction of sp³-hybridized carbons (Fsp3) is 0.120. The van der Waals surface area contributed by atoms with E-state index in [-0.39, 0.29) is 33.6 Å². The lowest BCUT2D eigenvalue weighted by Gasteiger charge is -2.27. The van der Waals surface area contributed by atoms with Crippen molar-refractivity contribution in [2.24, 2.45) is 5.41 Å². The molecule has 10 nitrogen and oxygen atoms in total. The highest BCUT2D eigenvalue weighted by Crippen LogP contribution is 2.39. The lowest BCUT2D eigenvalue weighted by Crippen LogP contribution is -2.29. The zero-order valence-corrected chi connectivity index (χ0v) is 20.8. The topological polar surface area (TPSA) is 164 Å². The number of carboxylic acid groups (broad SMARTS) is 3. The fourth-order valence-corrected chi connectivity index (χ4v) is 4.67. The number of aliphatic carboxylic acids is 2. The van der Waals surface area contributed by atoms with Crippen LogP contribution in [0.25, 0.3) is 11.3 Å². The molecule has 3 aromatic rings. The summed E-state index contributed by atoms with van der Waals surface area (Å²) in [5, 5.41) is 31.2. The number of aromatic carboxylic acids is 1. The van der Waals surface area contributed by atoms with Crippen molar-refractivity contribution in [2.45, 2.75) is 18.2 Å². The van der Waals surface area contributed by atoms with Gasteiger partial charge in [0.1, 0.15) is 0 Å². The first-order chi connectivity index (χ1) is 17.3. The second-order valence-corrected chi connectivity index (χ2v) is 10.8. The van der Waals surface area contributed by atoms with Crippen LogP contribution in [0.3, 0.4) is 0 Å². The van der Waals surface area contributed by atoms with Gasteiger partial charge in [0, 0.05) is 28.0 Å². The average Bonchev–Trinajstić information content (AvgIpc) is 3.35. The van der Waals surface area contributed by atoms with Gasteiger partial charge < -0.3 is 15.3 Å². The molecule has 1 heterocycles. The van der Waals surface area contributed by atoms with E-state index in [1.165, 1.54) is 54.4 Å². The third kappa shape index (κ3) is 6.51. The van der Waals surface area contributed by atoms with Crippen LogP contribution in [-0.4, -0.2) is 51.4 Å². The molecule has 0 bridgehead atoms. The van der Waals surface area contributed by atoms with Crippen LogP contribution in [0.2, 0.25) is 0 Å². The molecule has 0 saturated carbocycles. The summed E-state index contributed by atoms with van der Waals surface area (Å²) in [5.41, 5.74) is -0.184. The van der Waals surface area contributed by atoms with Crippen molar-refractivity contribution < 1.29 is 38.1 Å². The number of allylic oxidation sites excluding steroid dienone is 2. The van der Waals surface area contributed by atoms with Crippen LogP contribution in [0.1, 0.15) is 29.3 Å². The normalized spacial score (nSPS) is 17.0. The standard InChI is InChI=1S/C15H13ClO6S.C10H8N2O2/c1-15(14(19)20)7-9(6-10(8-15)13(17)18)11-4-2-3-5-12(11)23(16,21)22;13-10(14)8-6-11-12(7-8)9-4-2-1-3-5-9/h2-7H,8H2,1H3,(H,17,18)(H,19,20);1-7H,(H,13,14). The zero-order valence-electron chi connectivity index (χ0n) is 19.3. The van der Waals surface area contributed by atoms with E-state index in [0.717, 1.165) is 5.69 Å². The number of rotatable bonds is 6. The summed E-state index contributed by atoms with van der Waals surface area (Å²) in [4.78, 5) is 33.2. The van der Waals surface area contributed by atoms with E-state index in [2.05, 4.69) is 5.10 Å². The Bertz CT molecular complexity index is 1530. The van der Waals surface area contributed by atoms with E-state index in [1.807, 2.05) is 30.3 Å². The van der Waals surface area contributed by atoms with Crippen molar-refractivity contribution >= 4 is 43.2 Å². The maximum atomic E-state index is 11.7. The molecule has 0 spiro atoms. The molecule has 4 rings (SSSR count). The first-order valence-corrected chi connectivity index (χ1v) is 12.9. The molecule has 1 aromatic heterocycles. The van der Waals surface area contributed by atoms with Gasteiger partial charge in [-0.1, -0.05) is 42.5 Å². The fourth-order valence-electron chi connectivity index (χ4n) is 3.57. The largest absolute Gasteiger partial charge is 0.481 e. The van der Waals surface area contributed by atoms with Gasteiger partial charge in [0.2, 0.25) is 0 Å². The van der Waals surface area contributed by atoms with Crippen LogP contribution in [-0.2, 0) is 18.6 Å². The molecule has 1 aliphatic carbocycles. The van der Waals surface area contributed by atoms with E-state index in [4.69, 9.17) is 15.8 Å². The first kappa shape index (κ1) is 27.4. The van der Waals surface area contributed by atoms with Crippen LogP contribution in [0.15, 0.2) is 89.6 Å². The van der Waals surface area contributed by atoms with Crippen LogP contribution in [0, 0.1) is 5.41 Å². The Morgan fingerprint density at radius 2 is 1.59 bits per heavy atom. The number of carboxylic acids is 3. The van der Waals surface area contributed by atoms with Gasteiger partial charge in [-0.15, -0.1) is 0 Å². The Hall–Kier alpha value is -4.22. The van der Waals surface area contributed by atoms with E-state index in [9.17, 15) is 33.0 Å². The summed E-state index contributed by atoms with van der Waals surface area (Å²) in [6.07, 6.45) is 5.24. The minimum absolute atomic E-state index is 0.117. The van der Waals surface area contributed by atoms with Gasteiger partial charge in [-0.25, -0.2) is 22.7 Å². The van der Waals surface area contributed by atoms with Crippen LogP contribution in [0.5, 0.6) is 0 Å². The second kappa shape index (κ2) is 10.8. The average molecular weight is 545 g/mol. The molecule has 1 unspecified atom stereocenters. The third-order valence-electron chi connectivity index (χ3n) is 5.44. The Kier molecular flexibility index (Phi) is 7.99. The summed E-state index contributed by atoms with van der Waals surface area (Å²) < 4.78 is 24.9. The van der Waals surface area contributed by atoms with Crippen molar-refractivity contribution in [1.82, 2.24) is 9.78 Å². The zero-order chi connectivity index (χ0) is 27.4. The maximum Gasteiger partial charge on any atom is 0.338 e. The number of hydrogen-bond donors (Lipinski definition) is 3. The third-order valence-corrected chi connectivity index (χ3v) is 6.82. The molecule has 0 radical (unpaired) electrons. The molecule has 192 valence electrons. The molecule has 0 amide bonds. The number of nitrogens with zero attached hydrogens (tertiary/aromatic N) is 2. The van der Waals surface area contributed by atoms with E-state index in [1.54, 1.807) is 6.07 Å². The smallest absolute Gasteiger partial charge is 0.338 e. The highest BCUT2D eigenvalue weighted by molar-refractivity contribution is 8.13. The van der Waals surface area contributed by atoms with Crippen LogP contribution < -0.4 is 0 Å². The number of halogens is 1. The monoisotopic (exact) mass is 544 g/mol. The Morgan fingerprint density at radius 1 is 0.973 bits per heavy atom. The molecule has 37 heavy (non-hydrogen) atoms. The van der Waals surface area contributed by atoms with Gasteiger partial charge in [0.15, 0.2) is 0 Å². The minimum Gasteiger partial charge on any atom is -0.481 e. The van der Waals surface area contributed by atoms with Gasteiger partial charge in [-0.3, -0.25) is 4.79 Å². The maximum absolute atomic E-state index is 11.7. The summed E-state index contributed by atoms with van der Waals surface area (Å²) in [7, 11) is 1.34. The van der Waals surface area contributed by atoms with E-state index < -0.39 is 32.4 Å². The number of carbonyl (C=O) groups is 3. The molecule has 1 aliphatic rings. The van der Waals surface area contributed by atoms with Gasteiger partial charge in [-0.05, 0) is 43.2 Å². The van der Waals surface area contributed by atoms with Crippen molar-refractivity contribution in [3.8, 4) is 5.69 Å². The number of hydrogen-bond acceptors (Lipinski definition) is 6. The molecular weight excluding hydrogens is 524 g/mol. The minimum atomic E-state index is -4.07. The Morgan fingerprint density at radius 3 is 2.14 bits per heavy atom. The quantitative estimate of drug-likeness (QED) is 0.388. The van der Waals surface area contributed by atoms with Crippen molar-refractivity contribution in [3.05, 3.63) is 95.8 Å². The SMILES string of the molecule is CC1(C(=O)O)C=C(c2ccccc2S(=O)(=O)Cl)C=C(C(=O)O)C1.O=C(O)c1cnn(-c2ccccc2)c1. The lowest BCUT2D eigenvalue weighted by atomic mass is 9.76. The molecule has 0 aliphatic heterocycles. The van der Waals surface area contributed by atoms with Gasteiger partial charge >= 0.3 is 17.9 Å². The van der Waals surface area contributed by atoms with Crippen LogP contribution >= 0.6 is 10.7 Å². The van der Waals surface area contributed by atoms with Gasteiger partial charge in [0.05, 0.1) is 27.8 Å². The van der Waals surface area contributed by atoms with Crippen LogP contribution in [0.4, 0.5) is 0 Å². The summed E-state index contributed by atoms with van der Waals surface area (Å²) >= 11 is 0. The highest BCUT2D eigenvalue weighted by Gasteiger charge is 2.37. The summed E-state index contributed by atoms with van der Waals surface area (Å²) in [6, 6.07) is 15.1. The van der Waals surface area contributed by atoms with Gasteiger partial charge in [0.25, 0.3) is 9.05 Å².